The summed E-state index contributed by atoms with van der Waals surface area (Å²) in [4.78, 5) is 0. The summed E-state index contributed by atoms with van der Waals surface area (Å²) in [5.74, 6) is 0. The summed E-state index contributed by atoms with van der Waals surface area (Å²) in [6.07, 6.45) is -0.975. The van der Waals surface area contributed by atoms with E-state index >= 15 is 0 Å². The lowest BCUT2D eigenvalue weighted by atomic mass is 10.6. The summed E-state index contributed by atoms with van der Waals surface area (Å²) >= 11 is 0. The number of hydrogen-bond donors (Lipinski definition) is 3. The summed E-state index contributed by atoms with van der Waals surface area (Å²) in [6, 6.07) is 0. The van der Waals surface area contributed by atoms with Crippen molar-refractivity contribution in [2.24, 2.45) is 5.10 Å². The first-order chi connectivity index (χ1) is 3.31. The van der Waals surface area contributed by atoms with Gasteiger partial charge in [-0.15, -0.1) is 0 Å². The fourth-order valence-corrected chi connectivity index (χ4v) is 0.146. The zero-order valence-corrected chi connectivity index (χ0v) is 3.83. The molecule has 0 aromatic heterocycles. The first kappa shape index (κ1) is 6.39. The van der Waals surface area contributed by atoms with E-state index in [0.717, 1.165) is 0 Å². The van der Waals surface area contributed by atoms with Gasteiger partial charge in [0.1, 0.15) is 0 Å². The van der Waals surface area contributed by atoms with Gasteiger partial charge in [-0.05, 0) is 0 Å². The topological polar surface area (TPSA) is 64.9 Å². The van der Waals surface area contributed by atoms with Gasteiger partial charge in [0, 0.05) is 6.72 Å². The van der Waals surface area contributed by atoms with E-state index in [-0.39, 0.29) is 6.61 Å². The van der Waals surface area contributed by atoms with Gasteiger partial charge in [-0.2, -0.15) is 5.10 Å². The Bertz CT molecular complexity index is 56.9. The molecule has 0 aromatic rings. The Morgan fingerprint density at radius 3 is 2.57 bits per heavy atom. The molecule has 0 aliphatic rings. The maximum atomic E-state index is 8.36. The number of hydrogen-bond acceptors (Lipinski definition) is 4. The van der Waals surface area contributed by atoms with E-state index in [9.17, 15) is 0 Å². The molecule has 0 heterocycles. The predicted molar refractivity (Wildman–Crippen MR) is 25.8 cm³/mol. The molecule has 0 amide bonds. The van der Waals surface area contributed by atoms with Crippen molar-refractivity contribution in [1.29, 1.82) is 0 Å². The quantitative estimate of drug-likeness (QED) is 0.232. The minimum Gasteiger partial charge on any atom is -0.392 e. The fourth-order valence-electron chi connectivity index (χ4n) is 0.146. The van der Waals surface area contributed by atoms with Gasteiger partial charge in [0.15, 0.2) is 6.23 Å². The summed E-state index contributed by atoms with van der Waals surface area (Å²) in [5.41, 5.74) is 2.11. The van der Waals surface area contributed by atoms with Crippen molar-refractivity contribution >= 4 is 6.72 Å². The molecule has 7 heavy (non-hydrogen) atoms. The lowest BCUT2D eigenvalue weighted by molar-refractivity contribution is 0.0694. The van der Waals surface area contributed by atoms with Crippen molar-refractivity contribution in [3.63, 3.8) is 0 Å². The third-order valence-electron chi connectivity index (χ3n) is 0.413. The second kappa shape index (κ2) is 3.58. The van der Waals surface area contributed by atoms with Crippen molar-refractivity contribution in [1.82, 2.24) is 5.43 Å². The molecule has 0 radical (unpaired) electrons. The van der Waals surface area contributed by atoms with Crippen LogP contribution in [0.15, 0.2) is 5.10 Å². The Labute approximate surface area is 41.5 Å². The van der Waals surface area contributed by atoms with Crippen molar-refractivity contribution in [2.75, 3.05) is 6.61 Å². The number of nitrogens with one attached hydrogen (secondary N) is 1. The van der Waals surface area contributed by atoms with Crippen LogP contribution in [0.5, 0.6) is 0 Å². The van der Waals surface area contributed by atoms with Gasteiger partial charge in [-0.1, -0.05) is 0 Å². The number of nitrogens with zero attached hydrogens (tertiary/aromatic N) is 1. The van der Waals surface area contributed by atoms with Crippen LogP contribution in [0.2, 0.25) is 0 Å². The van der Waals surface area contributed by atoms with Crippen molar-refractivity contribution in [3.05, 3.63) is 0 Å². The van der Waals surface area contributed by atoms with Crippen LogP contribution in [0, 0.1) is 0 Å². The molecule has 3 N–H and O–H groups in total. The van der Waals surface area contributed by atoms with Crippen LogP contribution in [0.25, 0.3) is 0 Å². The van der Waals surface area contributed by atoms with Crippen LogP contribution in [0.3, 0.4) is 0 Å². The standard InChI is InChI=1S/C3H8N2O2/c1-4-5-3(7)2-6/h3,5-7H,1-2H2. The largest absolute Gasteiger partial charge is 0.392 e. The average molecular weight is 104 g/mol. The van der Waals surface area contributed by atoms with Crippen LogP contribution >= 0.6 is 0 Å². The molecule has 0 rings (SSSR count). The zero-order chi connectivity index (χ0) is 5.70. The van der Waals surface area contributed by atoms with E-state index in [1.165, 1.54) is 0 Å². The SMILES string of the molecule is C=NNC(O)CO. The summed E-state index contributed by atoms with van der Waals surface area (Å²) in [6.45, 7) is 2.67. The zero-order valence-electron chi connectivity index (χ0n) is 3.83. The number of aliphatic hydroxyl groups is 2. The molecule has 0 aliphatic carbocycles. The van der Waals surface area contributed by atoms with Gasteiger partial charge in [-0.3, -0.25) is 5.43 Å². The van der Waals surface area contributed by atoms with Crippen LogP contribution in [-0.4, -0.2) is 29.8 Å². The molecular formula is C3H8N2O2. The smallest absolute Gasteiger partial charge is 0.162 e. The molecule has 4 heteroatoms. The Morgan fingerprint density at radius 2 is 2.43 bits per heavy atom. The monoisotopic (exact) mass is 104 g/mol. The van der Waals surface area contributed by atoms with Gasteiger partial charge < -0.3 is 10.2 Å². The highest BCUT2D eigenvalue weighted by Gasteiger charge is 1.92. The summed E-state index contributed by atoms with van der Waals surface area (Å²) in [5, 5.41) is 19.5. The van der Waals surface area contributed by atoms with Gasteiger partial charge in [0.2, 0.25) is 0 Å². The second-order valence-electron chi connectivity index (χ2n) is 0.986. The molecule has 0 saturated carbocycles. The van der Waals surface area contributed by atoms with Gasteiger partial charge >= 0.3 is 0 Å². The molecule has 1 atom stereocenters. The first-order valence-electron chi connectivity index (χ1n) is 1.81. The molecule has 4 nitrogen and oxygen atoms in total. The average Bonchev–Trinajstić information content (AvgIpc) is 1.68. The van der Waals surface area contributed by atoms with Crippen LogP contribution in [-0.2, 0) is 0 Å². The third-order valence-corrected chi connectivity index (χ3v) is 0.413. The number of aliphatic hydroxyl groups excluding tert-OH is 2. The highest BCUT2D eigenvalue weighted by atomic mass is 16.3. The maximum Gasteiger partial charge on any atom is 0.162 e. The van der Waals surface area contributed by atoms with E-state index in [1.807, 2.05) is 0 Å². The minimum absolute atomic E-state index is 0.348. The molecule has 0 aromatic carbocycles. The highest BCUT2D eigenvalue weighted by Crippen LogP contribution is 1.68. The Balaban J connectivity index is 2.98. The Kier molecular flexibility index (Phi) is 3.26. The van der Waals surface area contributed by atoms with Crippen LogP contribution in [0.4, 0.5) is 0 Å². The minimum atomic E-state index is -0.975. The van der Waals surface area contributed by atoms with E-state index in [2.05, 4.69) is 17.2 Å². The Morgan fingerprint density at radius 1 is 1.86 bits per heavy atom. The van der Waals surface area contributed by atoms with Crippen molar-refractivity contribution in [3.8, 4) is 0 Å². The third kappa shape index (κ3) is 3.21. The molecule has 0 bridgehead atoms. The normalized spacial score (nSPS) is 12.9. The summed E-state index contributed by atoms with van der Waals surface area (Å²) in [7, 11) is 0. The molecule has 42 valence electrons. The van der Waals surface area contributed by atoms with E-state index in [4.69, 9.17) is 10.2 Å². The van der Waals surface area contributed by atoms with Crippen molar-refractivity contribution in [2.45, 2.75) is 6.23 Å². The molecular weight excluding hydrogens is 96.0 g/mol. The van der Waals surface area contributed by atoms with Gasteiger partial charge in [0.05, 0.1) is 6.61 Å². The van der Waals surface area contributed by atoms with Crippen LogP contribution < -0.4 is 5.43 Å². The van der Waals surface area contributed by atoms with Gasteiger partial charge in [-0.25, -0.2) is 0 Å². The molecule has 0 saturated heterocycles. The first-order valence-corrected chi connectivity index (χ1v) is 1.81. The highest BCUT2D eigenvalue weighted by molar-refractivity contribution is 5.22. The number of hydrazone groups is 1. The lowest BCUT2D eigenvalue weighted by Gasteiger charge is -2.02. The Hall–Kier alpha value is -0.610. The van der Waals surface area contributed by atoms with Crippen LogP contribution in [0.1, 0.15) is 0 Å². The number of rotatable bonds is 3. The predicted octanol–water partition coefficient (Wildman–Crippen LogP) is -1.50. The van der Waals surface area contributed by atoms with Crippen molar-refractivity contribution < 1.29 is 10.2 Å². The van der Waals surface area contributed by atoms with Gasteiger partial charge in [0.25, 0.3) is 0 Å². The van der Waals surface area contributed by atoms with E-state index in [1.54, 1.807) is 0 Å². The lowest BCUT2D eigenvalue weighted by Crippen LogP contribution is -2.26. The molecule has 0 aliphatic heterocycles. The summed E-state index contributed by atoms with van der Waals surface area (Å²) < 4.78 is 0. The fraction of sp³-hybridized carbons (Fsp3) is 0.667. The second-order valence-corrected chi connectivity index (χ2v) is 0.986. The molecule has 0 fully saturated rings. The maximum absolute atomic E-state index is 8.36. The van der Waals surface area contributed by atoms with E-state index < -0.39 is 6.23 Å². The molecule has 0 spiro atoms. The van der Waals surface area contributed by atoms with E-state index in [0.29, 0.717) is 0 Å². The molecule has 1 unspecified atom stereocenters.